The van der Waals surface area contributed by atoms with E-state index >= 15 is 0 Å². The summed E-state index contributed by atoms with van der Waals surface area (Å²) in [5.41, 5.74) is 0.724. The van der Waals surface area contributed by atoms with E-state index in [1.165, 1.54) is 11.3 Å². The molecule has 0 bridgehead atoms. The van der Waals surface area contributed by atoms with Crippen LogP contribution in [0.25, 0.3) is 0 Å². The highest BCUT2D eigenvalue weighted by molar-refractivity contribution is 7.15. The van der Waals surface area contributed by atoms with Crippen LogP contribution in [0.4, 0.5) is 0 Å². The number of hydrogen-bond acceptors (Lipinski definition) is 4. The Hall–Kier alpha value is -1.04. The van der Waals surface area contributed by atoms with Gasteiger partial charge in [0.2, 0.25) is 0 Å². The molecule has 0 atom stereocenters. The van der Waals surface area contributed by atoms with Gasteiger partial charge in [-0.3, -0.25) is 0 Å². The van der Waals surface area contributed by atoms with E-state index in [-0.39, 0.29) is 12.4 Å². The molecule has 0 radical (unpaired) electrons. The van der Waals surface area contributed by atoms with Gasteiger partial charge in [0.05, 0.1) is 6.54 Å². The van der Waals surface area contributed by atoms with Gasteiger partial charge in [0, 0.05) is 17.3 Å². The monoisotopic (exact) mass is 276 g/mol. The summed E-state index contributed by atoms with van der Waals surface area (Å²) >= 11 is 7.20. The van der Waals surface area contributed by atoms with Crippen LogP contribution in [0.5, 0.6) is 0 Å². The van der Waals surface area contributed by atoms with E-state index in [9.17, 15) is 0 Å². The Morgan fingerprint density at radius 1 is 1.50 bits per heavy atom. The van der Waals surface area contributed by atoms with Gasteiger partial charge in [-0.15, -0.1) is 23.7 Å². The van der Waals surface area contributed by atoms with Crippen LogP contribution in [0.15, 0.2) is 35.7 Å². The van der Waals surface area contributed by atoms with Gasteiger partial charge in [-0.05, 0) is 12.1 Å². The summed E-state index contributed by atoms with van der Waals surface area (Å²) in [6.45, 7) is 0.682. The molecule has 0 fully saturated rings. The second-order valence-corrected chi connectivity index (χ2v) is 4.59. The lowest BCUT2D eigenvalue weighted by Crippen LogP contribution is -2.21. The molecule has 0 spiro atoms. The smallest absolute Gasteiger partial charge is 0.183 e. The number of rotatable bonds is 2. The first-order valence-electron chi connectivity index (χ1n) is 4.29. The maximum atomic E-state index is 5.75. The lowest BCUT2D eigenvalue weighted by Gasteiger charge is -2.03. The summed E-state index contributed by atoms with van der Waals surface area (Å²) < 4.78 is 2.48. The molecule has 0 aliphatic carbocycles. The second-order valence-electron chi connectivity index (χ2n) is 2.90. The summed E-state index contributed by atoms with van der Waals surface area (Å²) in [6.07, 6.45) is 3.67. The van der Waals surface area contributed by atoms with Crippen LogP contribution in [0.2, 0.25) is 4.47 Å². The minimum Gasteiger partial charge on any atom is -0.326 e. The molecule has 86 valence electrons. The van der Waals surface area contributed by atoms with Crippen molar-refractivity contribution in [2.45, 2.75) is 6.54 Å². The molecule has 2 N–H and O–H groups in total. The van der Waals surface area contributed by atoms with Crippen LogP contribution >= 0.6 is 35.3 Å². The van der Waals surface area contributed by atoms with Crippen molar-refractivity contribution in [3.05, 3.63) is 45.4 Å². The number of nitrogens with zero attached hydrogens (tertiary/aromatic N) is 3. The molecule has 0 amide bonds. The molecule has 0 aromatic carbocycles. The highest BCUT2D eigenvalue weighted by Gasteiger charge is 2.00. The van der Waals surface area contributed by atoms with E-state index < -0.39 is 0 Å². The average molecular weight is 277 g/mol. The van der Waals surface area contributed by atoms with Gasteiger partial charge in [0.1, 0.15) is 0 Å². The summed E-state index contributed by atoms with van der Waals surface area (Å²) in [7, 11) is 0. The Kier molecular flexibility index (Phi) is 4.79. The minimum absolute atomic E-state index is 0. The number of aromatic nitrogens is 2. The molecule has 2 heterocycles. The highest BCUT2D eigenvalue weighted by Crippen LogP contribution is 2.17. The number of thiazole rings is 1. The Morgan fingerprint density at radius 3 is 2.94 bits per heavy atom. The average Bonchev–Trinajstić information content (AvgIpc) is 2.65. The van der Waals surface area contributed by atoms with Gasteiger partial charge in [-0.2, -0.15) is 5.10 Å². The summed E-state index contributed by atoms with van der Waals surface area (Å²) in [5, 5.41) is 3.69. The van der Waals surface area contributed by atoms with Crippen molar-refractivity contribution in [2.24, 2.45) is 10.9 Å². The summed E-state index contributed by atoms with van der Waals surface area (Å²) in [6, 6.07) is 5.67. The molecule has 7 heteroatoms. The van der Waals surface area contributed by atoms with E-state index in [0.29, 0.717) is 11.0 Å². The fourth-order valence-electron chi connectivity index (χ4n) is 1.24. The van der Waals surface area contributed by atoms with E-state index in [1.54, 1.807) is 6.20 Å². The zero-order chi connectivity index (χ0) is 10.7. The predicted molar refractivity (Wildman–Crippen MR) is 67.7 cm³/mol. The molecule has 2 aromatic heterocycles. The van der Waals surface area contributed by atoms with Crippen LogP contribution in [-0.4, -0.2) is 9.55 Å². The van der Waals surface area contributed by atoms with E-state index in [2.05, 4.69) is 10.1 Å². The number of nitrogens with two attached hydrogens (primary N) is 1. The fourth-order valence-corrected chi connectivity index (χ4v) is 2.22. The molecule has 2 rings (SSSR count). The van der Waals surface area contributed by atoms with Crippen molar-refractivity contribution in [1.82, 2.24) is 9.55 Å². The van der Waals surface area contributed by atoms with Gasteiger partial charge < -0.3 is 10.4 Å². The zero-order valence-corrected chi connectivity index (χ0v) is 10.6. The predicted octanol–water partition coefficient (Wildman–Crippen LogP) is 1.84. The van der Waals surface area contributed by atoms with Gasteiger partial charge >= 0.3 is 0 Å². The van der Waals surface area contributed by atoms with Crippen molar-refractivity contribution in [2.75, 3.05) is 0 Å². The van der Waals surface area contributed by atoms with Gasteiger partial charge in [-0.1, -0.05) is 17.7 Å². The van der Waals surface area contributed by atoms with E-state index in [1.807, 2.05) is 29.0 Å². The van der Waals surface area contributed by atoms with Gasteiger partial charge in [0.15, 0.2) is 9.95 Å². The Balaban J connectivity index is 0.00000128. The molecule has 0 aliphatic rings. The Bertz CT molecular complexity index is 520. The number of halogens is 2. The van der Waals surface area contributed by atoms with Gasteiger partial charge in [0.25, 0.3) is 0 Å². The maximum absolute atomic E-state index is 5.75. The molecular weight excluding hydrogens is 267 g/mol. The third-order valence-corrected chi connectivity index (χ3v) is 3.00. The quantitative estimate of drug-likeness (QED) is 0.672. The lowest BCUT2D eigenvalue weighted by atomic mass is 10.4. The SMILES string of the molecule is Cl.NN=c1ccccn1Cc1cnc(Cl)s1. The molecule has 16 heavy (non-hydrogen) atoms. The van der Waals surface area contributed by atoms with Crippen LogP contribution in [0.3, 0.4) is 0 Å². The Labute approximate surface area is 108 Å². The van der Waals surface area contributed by atoms with Crippen LogP contribution in [-0.2, 0) is 6.54 Å². The number of pyridine rings is 1. The fraction of sp³-hybridized carbons (Fsp3) is 0.111. The first-order valence-corrected chi connectivity index (χ1v) is 5.48. The highest BCUT2D eigenvalue weighted by atomic mass is 35.5. The molecule has 0 aliphatic heterocycles. The van der Waals surface area contributed by atoms with Crippen molar-refractivity contribution < 1.29 is 0 Å². The molecule has 0 saturated heterocycles. The second kappa shape index (κ2) is 5.89. The minimum atomic E-state index is 0. The normalized spacial score (nSPS) is 11.2. The maximum Gasteiger partial charge on any atom is 0.183 e. The van der Waals surface area contributed by atoms with E-state index in [0.717, 1.165) is 10.4 Å². The third-order valence-electron chi connectivity index (χ3n) is 1.90. The van der Waals surface area contributed by atoms with Crippen molar-refractivity contribution in [1.29, 1.82) is 0 Å². The van der Waals surface area contributed by atoms with Crippen LogP contribution < -0.4 is 11.3 Å². The topological polar surface area (TPSA) is 56.2 Å². The third kappa shape index (κ3) is 2.98. The summed E-state index contributed by atoms with van der Waals surface area (Å²) in [4.78, 5) is 5.05. The molecule has 0 saturated carbocycles. The zero-order valence-electron chi connectivity index (χ0n) is 8.21. The Morgan fingerprint density at radius 2 is 2.31 bits per heavy atom. The van der Waals surface area contributed by atoms with E-state index in [4.69, 9.17) is 17.4 Å². The van der Waals surface area contributed by atoms with Gasteiger partial charge in [-0.25, -0.2) is 4.98 Å². The molecule has 0 unspecified atom stereocenters. The van der Waals surface area contributed by atoms with Crippen molar-refractivity contribution in [3.8, 4) is 0 Å². The van der Waals surface area contributed by atoms with Crippen molar-refractivity contribution >= 4 is 35.3 Å². The first kappa shape index (κ1) is 13.0. The molecule has 4 nitrogen and oxygen atoms in total. The lowest BCUT2D eigenvalue weighted by molar-refractivity contribution is 0.740. The summed E-state index contributed by atoms with van der Waals surface area (Å²) in [5.74, 6) is 5.28. The van der Waals surface area contributed by atoms with Crippen molar-refractivity contribution in [3.63, 3.8) is 0 Å². The number of hydrogen-bond donors (Lipinski definition) is 1. The largest absolute Gasteiger partial charge is 0.326 e. The van der Waals surface area contributed by atoms with Crippen LogP contribution in [0, 0.1) is 0 Å². The molecule has 2 aromatic rings. The van der Waals surface area contributed by atoms with Crippen LogP contribution in [0.1, 0.15) is 4.88 Å². The standard InChI is InChI=1S/C9H9ClN4S.ClH/c10-9-12-5-7(15-9)6-14-4-2-1-3-8(14)13-11;/h1-5H,6,11H2;1H. The molecular formula is C9H10Cl2N4S. The first-order chi connectivity index (χ1) is 7.29.